The van der Waals surface area contributed by atoms with Crippen LogP contribution in [0.2, 0.25) is 0 Å². The molecule has 0 unspecified atom stereocenters. The van der Waals surface area contributed by atoms with Crippen LogP contribution in [0.5, 0.6) is 0 Å². The van der Waals surface area contributed by atoms with Crippen LogP contribution in [0.25, 0.3) is 0 Å². The van der Waals surface area contributed by atoms with Gasteiger partial charge in [-0.1, -0.05) is 0 Å². The predicted octanol–water partition coefficient (Wildman–Crippen LogP) is 2.56. The van der Waals surface area contributed by atoms with E-state index < -0.39 is 28.3 Å². The molecular weight excluding hydrogens is 276 g/mol. The fourth-order valence-corrected chi connectivity index (χ4v) is 1.33. The number of aromatic nitrogens is 1. The van der Waals surface area contributed by atoms with E-state index in [-0.39, 0.29) is 4.60 Å². The molecule has 5 nitrogen and oxygen atoms in total. The van der Waals surface area contributed by atoms with Gasteiger partial charge in [0.2, 0.25) is 4.60 Å². The SMILES string of the molecule is N#Cc1cc(C(F)F)c(Br)nc1[N+](=O)[O-]. The minimum atomic E-state index is -2.85. The number of hydrogen-bond donors (Lipinski definition) is 0. The molecule has 0 aliphatic rings. The third-order valence-corrected chi connectivity index (χ3v) is 2.15. The second-order valence-corrected chi connectivity index (χ2v) is 3.16. The Labute approximate surface area is 90.6 Å². The molecule has 0 aliphatic carbocycles. The zero-order valence-electron chi connectivity index (χ0n) is 6.95. The Morgan fingerprint density at radius 2 is 2.27 bits per heavy atom. The summed E-state index contributed by atoms with van der Waals surface area (Å²) >= 11 is 2.67. The van der Waals surface area contributed by atoms with Gasteiger partial charge in [0.15, 0.2) is 5.56 Å². The Bertz CT molecular complexity index is 458. The van der Waals surface area contributed by atoms with E-state index >= 15 is 0 Å². The molecule has 0 fully saturated rings. The van der Waals surface area contributed by atoms with Crippen molar-refractivity contribution in [3.05, 3.63) is 31.9 Å². The molecule has 0 radical (unpaired) electrons. The smallest absolute Gasteiger partial charge is 0.358 e. The summed E-state index contributed by atoms with van der Waals surface area (Å²) in [6.45, 7) is 0. The van der Waals surface area contributed by atoms with E-state index in [0.717, 1.165) is 6.07 Å². The van der Waals surface area contributed by atoms with Crippen molar-refractivity contribution < 1.29 is 13.7 Å². The van der Waals surface area contributed by atoms with Crippen LogP contribution in [0.1, 0.15) is 17.6 Å². The van der Waals surface area contributed by atoms with E-state index in [1.165, 1.54) is 6.07 Å². The van der Waals surface area contributed by atoms with Gasteiger partial charge in [-0.05, 0) is 16.0 Å². The van der Waals surface area contributed by atoms with Crippen LogP contribution in [0.3, 0.4) is 0 Å². The second kappa shape index (κ2) is 4.27. The quantitative estimate of drug-likeness (QED) is 0.473. The van der Waals surface area contributed by atoms with Gasteiger partial charge in [-0.3, -0.25) is 0 Å². The minimum absolute atomic E-state index is 0.330. The summed E-state index contributed by atoms with van der Waals surface area (Å²) in [6.07, 6.45) is -2.85. The highest BCUT2D eigenvalue weighted by Crippen LogP contribution is 2.29. The van der Waals surface area contributed by atoms with Gasteiger partial charge in [0.25, 0.3) is 6.43 Å². The van der Waals surface area contributed by atoms with E-state index in [2.05, 4.69) is 20.9 Å². The van der Waals surface area contributed by atoms with Crippen molar-refractivity contribution >= 4 is 21.7 Å². The highest BCUT2D eigenvalue weighted by Gasteiger charge is 2.24. The molecule has 15 heavy (non-hydrogen) atoms. The molecule has 1 heterocycles. The van der Waals surface area contributed by atoms with Crippen molar-refractivity contribution in [2.45, 2.75) is 6.43 Å². The molecule has 8 heteroatoms. The van der Waals surface area contributed by atoms with Crippen molar-refractivity contribution in [1.29, 1.82) is 5.26 Å². The predicted molar refractivity (Wildman–Crippen MR) is 48.3 cm³/mol. The maximum atomic E-state index is 12.3. The fraction of sp³-hybridized carbons (Fsp3) is 0.143. The average molecular weight is 278 g/mol. The molecular formula is C7H2BrF2N3O2. The molecule has 0 atom stereocenters. The van der Waals surface area contributed by atoms with Crippen LogP contribution >= 0.6 is 15.9 Å². The Balaban J connectivity index is 3.44. The van der Waals surface area contributed by atoms with Crippen molar-refractivity contribution in [2.75, 3.05) is 0 Å². The standard InChI is InChI=1S/C7H2BrF2N3O2/c8-5-4(6(9)10)1-3(2-11)7(12-5)13(14)15/h1,6H. The lowest BCUT2D eigenvalue weighted by molar-refractivity contribution is -0.390. The lowest BCUT2D eigenvalue weighted by Gasteiger charge is -2.00. The highest BCUT2D eigenvalue weighted by atomic mass is 79.9. The van der Waals surface area contributed by atoms with Crippen LogP contribution in [-0.2, 0) is 0 Å². The third kappa shape index (κ3) is 2.24. The third-order valence-electron chi connectivity index (χ3n) is 1.51. The molecule has 0 saturated heterocycles. The average Bonchev–Trinajstić information content (AvgIpc) is 2.16. The lowest BCUT2D eigenvalue weighted by atomic mass is 10.2. The summed E-state index contributed by atoms with van der Waals surface area (Å²) in [4.78, 5) is 12.8. The first kappa shape index (κ1) is 11.5. The number of pyridine rings is 1. The van der Waals surface area contributed by atoms with Crippen LogP contribution in [0, 0.1) is 21.4 Å². The highest BCUT2D eigenvalue weighted by molar-refractivity contribution is 9.10. The second-order valence-electron chi connectivity index (χ2n) is 2.41. The fourth-order valence-electron chi connectivity index (χ4n) is 0.872. The monoisotopic (exact) mass is 277 g/mol. The summed E-state index contributed by atoms with van der Waals surface area (Å²) in [6, 6.07) is 2.19. The molecule has 0 amide bonds. The van der Waals surface area contributed by atoms with Gasteiger partial charge in [0.1, 0.15) is 6.07 Å². The van der Waals surface area contributed by atoms with Gasteiger partial charge < -0.3 is 10.1 Å². The maximum Gasteiger partial charge on any atom is 0.382 e. The van der Waals surface area contributed by atoms with Crippen LogP contribution in [0.15, 0.2) is 10.7 Å². The van der Waals surface area contributed by atoms with E-state index in [4.69, 9.17) is 5.26 Å². The van der Waals surface area contributed by atoms with E-state index in [1.54, 1.807) is 0 Å². The van der Waals surface area contributed by atoms with Crippen LogP contribution in [0.4, 0.5) is 14.6 Å². The lowest BCUT2D eigenvalue weighted by Crippen LogP contribution is -2.00. The molecule has 1 aromatic rings. The van der Waals surface area contributed by atoms with Gasteiger partial charge >= 0.3 is 5.82 Å². The summed E-state index contributed by atoms with van der Waals surface area (Å²) in [5.41, 5.74) is -1.03. The number of nitrogens with zero attached hydrogens (tertiary/aromatic N) is 3. The van der Waals surface area contributed by atoms with E-state index in [1.807, 2.05) is 0 Å². The largest absolute Gasteiger partial charge is 0.382 e. The van der Waals surface area contributed by atoms with Crippen molar-refractivity contribution in [3.8, 4) is 6.07 Å². The number of hydrogen-bond acceptors (Lipinski definition) is 4. The first-order valence-electron chi connectivity index (χ1n) is 3.50. The number of rotatable bonds is 2. The van der Waals surface area contributed by atoms with E-state index in [9.17, 15) is 18.9 Å². The van der Waals surface area contributed by atoms with Gasteiger partial charge in [-0.15, -0.1) is 0 Å². The molecule has 0 spiro atoms. The molecule has 0 N–H and O–H groups in total. The van der Waals surface area contributed by atoms with E-state index in [0.29, 0.717) is 0 Å². The molecule has 1 aromatic heterocycles. The Kier molecular flexibility index (Phi) is 3.26. The maximum absolute atomic E-state index is 12.3. The van der Waals surface area contributed by atoms with Crippen LogP contribution < -0.4 is 0 Å². The molecule has 0 aliphatic heterocycles. The molecule has 78 valence electrons. The summed E-state index contributed by atoms with van der Waals surface area (Å²) in [5, 5.41) is 18.9. The minimum Gasteiger partial charge on any atom is -0.358 e. The molecule has 0 bridgehead atoms. The zero-order chi connectivity index (χ0) is 11.6. The normalized spacial score (nSPS) is 10.1. The van der Waals surface area contributed by atoms with Crippen molar-refractivity contribution in [3.63, 3.8) is 0 Å². The number of nitro groups is 1. The molecule has 1 rings (SSSR count). The summed E-state index contributed by atoms with van der Waals surface area (Å²) in [5.74, 6) is -0.742. The molecule has 0 aromatic carbocycles. The van der Waals surface area contributed by atoms with Gasteiger partial charge in [-0.25, -0.2) is 8.78 Å². The summed E-state index contributed by atoms with van der Waals surface area (Å²) < 4.78 is 24.3. The van der Waals surface area contributed by atoms with Crippen LogP contribution in [-0.4, -0.2) is 9.91 Å². The van der Waals surface area contributed by atoms with Gasteiger partial charge in [-0.2, -0.15) is 5.26 Å². The number of nitriles is 1. The van der Waals surface area contributed by atoms with Crippen molar-refractivity contribution in [1.82, 2.24) is 4.98 Å². The van der Waals surface area contributed by atoms with Gasteiger partial charge in [0, 0.05) is 15.9 Å². The topological polar surface area (TPSA) is 79.8 Å². The number of halogens is 3. The molecule has 0 saturated carbocycles. The number of alkyl halides is 2. The first-order chi connectivity index (χ1) is 6.97. The Morgan fingerprint density at radius 3 is 2.67 bits per heavy atom. The Morgan fingerprint density at radius 1 is 1.67 bits per heavy atom. The zero-order valence-corrected chi connectivity index (χ0v) is 8.53. The van der Waals surface area contributed by atoms with Gasteiger partial charge in [0.05, 0.1) is 5.56 Å². The Hall–Kier alpha value is -1.62. The summed E-state index contributed by atoms with van der Waals surface area (Å²) in [7, 11) is 0. The van der Waals surface area contributed by atoms with Crippen molar-refractivity contribution in [2.24, 2.45) is 0 Å². The first-order valence-corrected chi connectivity index (χ1v) is 4.29.